The largest absolute Gasteiger partial charge is 0.369 e. The lowest BCUT2D eigenvalue weighted by atomic mass is 10.4. The Morgan fingerprint density at radius 2 is 1.84 bits per heavy atom. The van der Waals surface area contributed by atoms with Crippen LogP contribution in [0.1, 0.15) is 0 Å². The second-order valence-electron chi connectivity index (χ2n) is 4.51. The second kappa shape index (κ2) is 7.65. The van der Waals surface area contributed by atoms with Gasteiger partial charge in [0.25, 0.3) is 0 Å². The van der Waals surface area contributed by atoms with E-state index in [0.29, 0.717) is 0 Å². The third-order valence-corrected chi connectivity index (χ3v) is 5.29. The van der Waals surface area contributed by atoms with Gasteiger partial charge in [-0.3, -0.25) is 0 Å². The maximum Gasteiger partial charge on any atom is 0.234 e. The molecule has 2 aliphatic rings. The Bertz CT molecular complexity index is 459. The fourth-order valence-electron chi connectivity index (χ4n) is 1.83. The van der Waals surface area contributed by atoms with Crippen LogP contribution in [0.5, 0.6) is 0 Å². The minimum atomic E-state index is 1.16. The Kier molecular flexibility index (Phi) is 5.86. The maximum atomic E-state index is 2.29. The van der Waals surface area contributed by atoms with Crippen molar-refractivity contribution in [3.63, 3.8) is 0 Å². The molecular weight excluding hydrogens is 272 g/mol. The first-order chi connectivity index (χ1) is 9.27. The molecule has 0 saturated carbocycles. The summed E-state index contributed by atoms with van der Waals surface area (Å²) in [5.74, 6) is 2.41. The first-order valence-corrected chi connectivity index (χ1v) is 8.51. The van der Waals surface area contributed by atoms with Crippen LogP contribution >= 0.6 is 23.5 Å². The second-order valence-corrected chi connectivity index (χ2v) is 6.74. The Labute approximate surface area is 124 Å². The molecule has 19 heavy (non-hydrogen) atoms. The number of hydrogen-bond acceptors (Lipinski definition) is 3. The SMILES string of the molecule is CN1CCS\C1=C/C=C/C=C/C=C/C1=[N+](C)CCS1. The van der Waals surface area contributed by atoms with E-state index in [2.05, 4.69) is 66.1 Å². The Morgan fingerprint density at radius 3 is 2.53 bits per heavy atom. The molecule has 0 amide bonds. The van der Waals surface area contributed by atoms with Crippen molar-refractivity contribution in [2.75, 3.05) is 38.7 Å². The predicted octanol–water partition coefficient (Wildman–Crippen LogP) is 2.96. The van der Waals surface area contributed by atoms with Gasteiger partial charge in [0, 0.05) is 25.4 Å². The molecule has 0 bridgehead atoms. The molecule has 0 aliphatic carbocycles. The fraction of sp³-hybridized carbons (Fsp3) is 0.400. The first kappa shape index (κ1) is 14.5. The van der Waals surface area contributed by atoms with Crippen molar-refractivity contribution in [3.05, 3.63) is 47.6 Å². The van der Waals surface area contributed by atoms with Crippen molar-refractivity contribution in [3.8, 4) is 0 Å². The molecule has 0 spiro atoms. The van der Waals surface area contributed by atoms with Gasteiger partial charge in [-0.1, -0.05) is 42.1 Å². The van der Waals surface area contributed by atoms with Gasteiger partial charge in [0.05, 0.1) is 10.8 Å². The summed E-state index contributed by atoms with van der Waals surface area (Å²) in [6.07, 6.45) is 14.8. The summed E-state index contributed by atoms with van der Waals surface area (Å²) in [7, 11) is 4.29. The van der Waals surface area contributed by atoms with Crippen molar-refractivity contribution < 1.29 is 4.58 Å². The molecule has 2 nitrogen and oxygen atoms in total. The smallest absolute Gasteiger partial charge is 0.234 e. The molecular formula is C15H21N2S2+. The van der Waals surface area contributed by atoms with E-state index in [1.165, 1.54) is 21.6 Å². The molecule has 2 aliphatic heterocycles. The van der Waals surface area contributed by atoms with Gasteiger partial charge in [-0.15, -0.1) is 11.8 Å². The van der Waals surface area contributed by atoms with Crippen molar-refractivity contribution in [1.82, 2.24) is 4.90 Å². The van der Waals surface area contributed by atoms with Gasteiger partial charge in [-0.25, -0.2) is 4.58 Å². The zero-order valence-electron chi connectivity index (χ0n) is 11.6. The van der Waals surface area contributed by atoms with E-state index in [9.17, 15) is 0 Å². The van der Waals surface area contributed by atoms with E-state index in [1.807, 2.05) is 23.5 Å². The number of rotatable bonds is 4. The summed E-state index contributed by atoms with van der Waals surface area (Å²) in [6.45, 7) is 2.32. The normalized spacial score (nSPS) is 23.3. The highest BCUT2D eigenvalue weighted by Gasteiger charge is 2.15. The molecule has 0 atom stereocenters. The highest BCUT2D eigenvalue weighted by atomic mass is 32.2. The summed E-state index contributed by atoms with van der Waals surface area (Å²) in [6, 6.07) is 0. The van der Waals surface area contributed by atoms with Gasteiger partial charge in [-0.2, -0.15) is 0 Å². The first-order valence-electron chi connectivity index (χ1n) is 6.54. The summed E-state index contributed by atoms with van der Waals surface area (Å²) in [5, 5.41) is 2.72. The molecule has 1 fully saturated rings. The van der Waals surface area contributed by atoms with Crippen molar-refractivity contribution in [2.24, 2.45) is 0 Å². The Morgan fingerprint density at radius 1 is 1.05 bits per heavy atom. The van der Waals surface area contributed by atoms with Crippen LogP contribution in [-0.2, 0) is 0 Å². The van der Waals surface area contributed by atoms with E-state index in [4.69, 9.17) is 0 Å². The lowest BCUT2D eigenvalue weighted by molar-refractivity contribution is -0.485. The van der Waals surface area contributed by atoms with Crippen LogP contribution in [0.4, 0.5) is 0 Å². The van der Waals surface area contributed by atoms with Gasteiger partial charge in [0.2, 0.25) is 5.04 Å². The maximum absolute atomic E-state index is 2.29. The molecule has 0 aromatic rings. The predicted molar refractivity (Wildman–Crippen MR) is 89.1 cm³/mol. The molecule has 102 valence electrons. The van der Waals surface area contributed by atoms with Gasteiger partial charge in [0.1, 0.15) is 7.05 Å². The zero-order chi connectivity index (χ0) is 13.5. The molecule has 1 saturated heterocycles. The van der Waals surface area contributed by atoms with Crippen LogP contribution in [0.25, 0.3) is 0 Å². The third kappa shape index (κ3) is 4.62. The summed E-state index contributed by atoms with van der Waals surface area (Å²) in [4.78, 5) is 2.29. The average Bonchev–Trinajstić information content (AvgIpc) is 2.98. The fourth-order valence-corrected chi connectivity index (χ4v) is 3.96. The molecule has 0 unspecified atom stereocenters. The number of thioether (sulfide) groups is 2. The van der Waals surface area contributed by atoms with E-state index >= 15 is 0 Å². The Hall–Kier alpha value is -0.870. The highest BCUT2D eigenvalue weighted by molar-refractivity contribution is 8.14. The third-order valence-electron chi connectivity index (χ3n) is 3.03. The van der Waals surface area contributed by atoms with E-state index < -0.39 is 0 Å². The molecule has 0 N–H and O–H groups in total. The van der Waals surface area contributed by atoms with Gasteiger partial charge >= 0.3 is 0 Å². The van der Waals surface area contributed by atoms with E-state index in [0.717, 1.165) is 13.1 Å². The quantitative estimate of drug-likeness (QED) is 0.581. The van der Waals surface area contributed by atoms with E-state index in [-0.39, 0.29) is 0 Å². The van der Waals surface area contributed by atoms with Crippen LogP contribution in [-0.4, -0.2) is 53.2 Å². The molecule has 0 aromatic carbocycles. The van der Waals surface area contributed by atoms with E-state index in [1.54, 1.807) is 0 Å². The van der Waals surface area contributed by atoms with Crippen molar-refractivity contribution in [2.45, 2.75) is 0 Å². The molecule has 4 heteroatoms. The van der Waals surface area contributed by atoms with Crippen LogP contribution < -0.4 is 0 Å². The van der Waals surface area contributed by atoms with Crippen LogP contribution in [0, 0.1) is 0 Å². The van der Waals surface area contributed by atoms with Crippen LogP contribution in [0.3, 0.4) is 0 Å². The number of nitrogens with zero attached hydrogens (tertiary/aromatic N) is 2. The summed E-state index contributed by atoms with van der Waals surface area (Å²) in [5.41, 5.74) is 0. The van der Waals surface area contributed by atoms with Gasteiger partial charge in [0.15, 0.2) is 6.54 Å². The molecule has 2 heterocycles. The van der Waals surface area contributed by atoms with Gasteiger partial charge < -0.3 is 4.90 Å². The van der Waals surface area contributed by atoms with Crippen LogP contribution in [0.2, 0.25) is 0 Å². The minimum Gasteiger partial charge on any atom is -0.369 e. The lowest BCUT2D eigenvalue weighted by Gasteiger charge is -2.09. The Balaban J connectivity index is 1.77. The average molecular weight is 293 g/mol. The van der Waals surface area contributed by atoms with Gasteiger partial charge in [-0.05, 0) is 6.08 Å². The molecule has 2 rings (SSSR count). The monoisotopic (exact) mass is 293 g/mol. The molecule has 0 radical (unpaired) electrons. The molecule has 0 aromatic heterocycles. The summed E-state index contributed by atoms with van der Waals surface area (Å²) < 4.78 is 2.29. The highest BCUT2D eigenvalue weighted by Crippen LogP contribution is 2.25. The standard InChI is InChI=1S/C15H21N2S2/c1-16-10-12-18-14(16)8-6-4-3-5-7-9-15-17(2)11-13-19-15/h3-9H,10-13H2,1-2H3/q+1. The number of allylic oxidation sites excluding steroid dienone is 6. The summed E-state index contributed by atoms with van der Waals surface area (Å²) >= 11 is 3.84. The zero-order valence-corrected chi connectivity index (χ0v) is 13.2. The lowest BCUT2D eigenvalue weighted by Crippen LogP contribution is -2.10. The topological polar surface area (TPSA) is 6.25 Å². The minimum absolute atomic E-state index is 1.16. The van der Waals surface area contributed by atoms with Crippen LogP contribution in [0.15, 0.2) is 47.6 Å². The number of hydrogen-bond donors (Lipinski definition) is 0. The van der Waals surface area contributed by atoms with Crippen molar-refractivity contribution >= 4 is 28.6 Å². The van der Waals surface area contributed by atoms with Crippen molar-refractivity contribution in [1.29, 1.82) is 0 Å².